The molecule has 3 nitrogen and oxygen atoms in total. The molecule has 0 amide bonds. The molecule has 1 heterocycles. The van der Waals surface area contributed by atoms with Crippen molar-refractivity contribution in [3.63, 3.8) is 0 Å². The van der Waals surface area contributed by atoms with Crippen LogP contribution in [0.4, 0.5) is 0 Å². The maximum absolute atomic E-state index is 5.85. The van der Waals surface area contributed by atoms with E-state index >= 15 is 0 Å². The average Bonchev–Trinajstić information content (AvgIpc) is 3.15. The number of hydrogen-bond donors (Lipinski definition) is 0. The summed E-state index contributed by atoms with van der Waals surface area (Å²) in [7, 11) is 0. The number of aromatic nitrogens is 2. The fourth-order valence-electron chi connectivity index (χ4n) is 3.04. The summed E-state index contributed by atoms with van der Waals surface area (Å²) in [5, 5.41) is 0. The van der Waals surface area contributed by atoms with Crippen LogP contribution in [-0.4, -0.2) is 9.55 Å². The minimum absolute atomic E-state index is 0.571. The van der Waals surface area contributed by atoms with Crippen LogP contribution in [0.2, 0.25) is 0 Å². The summed E-state index contributed by atoms with van der Waals surface area (Å²) in [6.07, 6.45) is 7.22. The van der Waals surface area contributed by atoms with Crippen molar-refractivity contribution in [2.45, 2.75) is 19.6 Å². The zero-order chi connectivity index (χ0) is 19.2. The van der Waals surface area contributed by atoms with Crippen molar-refractivity contribution in [1.82, 2.24) is 9.55 Å². The molecular formula is C24H21BrN2O. The summed E-state index contributed by atoms with van der Waals surface area (Å²) in [5.74, 6) is 0.880. The van der Waals surface area contributed by atoms with Crippen LogP contribution in [0.15, 0.2) is 89.7 Å². The molecule has 0 saturated carbocycles. The first-order valence-electron chi connectivity index (χ1n) is 9.32. The normalized spacial score (nSPS) is 11.3. The fraction of sp³-hybridized carbons (Fsp3) is 0.125. The SMILES string of the molecule is Brc1ccc(COc2ccc(/C=C/CCn3cnc4ccccc43)cc2)cc1. The molecule has 0 fully saturated rings. The summed E-state index contributed by atoms with van der Waals surface area (Å²) in [4.78, 5) is 4.43. The van der Waals surface area contributed by atoms with Crippen LogP contribution in [0.1, 0.15) is 17.5 Å². The van der Waals surface area contributed by atoms with E-state index in [2.05, 4.69) is 74.0 Å². The number of hydrogen-bond acceptors (Lipinski definition) is 2. The van der Waals surface area contributed by atoms with Gasteiger partial charge in [0.05, 0.1) is 17.4 Å². The Balaban J connectivity index is 1.28. The first-order chi connectivity index (χ1) is 13.8. The van der Waals surface area contributed by atoms with Crippen molar-refractivity contribution in [3.8, 4) is 5.75 Å². The van der Waals surface area contributed by atoms with Gasteiger partial charge in [-0.25, -0.2) is 4.98 Å². The van der Waals surface area contributed by atoms with Crippen LogP contribution in [0.25, 0.3) is 17.1 Å². The van der Waals surface area contributed by atoms with Crippen LogP contribution in [0.3, 0.4) is 0 Å². The van der Waals surface area contributed by atoms with Crippen molar-refractivity contribution in [2.75, 3.05) is 0 Å². The van der Waals surface area contributed by atoms with Gasteiger partial charge < -0.3 is 9.30 Å². The second-order valence-corrected chi connectivity index (χ2v) is 7.52. The highest BCUT2D eigenvalue weighted by Crippen LogP contribution is 2.17. The third-order valence-electron chi connectivity index (χ3n) is 4.57. The average molecular weight is 433 g/mol. The summed E-state index contributed by atoms with van der Waals surface area (Å²) < 4.78 is 9.12. The van der Waals surface area contributed by atoms with E-state index in [1.54, 1.807) is 0 Å². The minimum atomic E-state index is 0.571. The minimum Gasteiger partial charge on any atom is -0.489 e. The van der Waals surface area contributed by atoms with Gasteiger partial charge >= 0.3 is 0 Å². The molecular weight excluding hydrogens is 412 g/mol. The Bertz CT molecular complexity index is 1070. The van der Waals surface area contributed by atoms with Crippen LogP contribution in [0.5, 0.6) is 5.75 Å². The third-order valence-corrected chi connectivity index (χ3v) is 5.10. The maximum atomic E-state index is 5.85. The number of benzene rings is 3. The van der Waals surface area contributed by atoms with Crippen molar-refractivity contribution >= 4 is 33.0 Å². The second-order valence-electron chi connectivity index (χ2n) is 6.60. The van der Waals surface area contributed by atoms with E-state index in [9.17, 15) is 0 Å². The van der Waals surface area contributed by atoms with Gasteiger partial charge in [0, 0.05) is 11.0 Å². The number of allylic oxidation sites excluding steroid dienone is 1. The van der Waals surface area contributed by atoms with E-state index in [0.717, 1.165) is 34.3 Å². The Morgan fingerprint density at radius 3 is 2.54 bits per heavy atom. The quantitative estimate of drug-likeness (QED) is 0.334. The summed E-state index contributed by atoms with van der Waals surface area (Å²) in [6.45, 7) is 1.49. The van der Waals surface area contributed by atoms with E-state index in [-0.39, 0.29) is 0 Å². The molecule has 0 radical (unpaired) electrons. The van der Waals surface area contributed by atoms with Crippen molar-refractivity contribution in [3.05, 3.63) is 101 Å². The number of imidazole rings is 1. The molecule has 140 valence electrons. The van der Waals surface area contributed by atoms with Crippen LogP contribution >= 0.6 is 15.9 Å². The van der Waals surface area contributed by atoms with Crippen molar-refractivity contribution in [1.29, 1.82) is 0 Å². The molecule has 0 aliphatic rings. The zero-order valence-electron chi connectivity index (χ0n) is 15.5. The molecule has 0 aliphatic heterocycles. The standard InChI is InChI=1S/C24H21BrN2O/c25-21-12-8-20(9-13-21)17-28-22-14-10-19(11-15-22)5-3-4-16-27-18-26-23-6-1-2-7-24(23)27/h1-3,5-15,18H,4,16-17H2/b5-3+. The van der Waals surface area contributed by atoms with Gasteiger partial charge in [-0.3, -0.25) is 0 Å². The molecule has 1 aromatic heterocycles. The number of aryl methyl sites for hydroxylation is 1. The van der Waals surface area contributed by atoms with Gasteiger partial charge in [0.25, 0.3) is 0 Å². The van der Waals surface area contributed by atoms with Gasteiger partial charge in [-0.2, -0.15) is 0 Å². The largest absolute Gasteiger partial charge is 0.489 e. The van der Waals surface area contributed by atoms with E-state index in [1.165, 1.54) is 11.1 Å². The molecule has 0 atom stereocenters. The molecule has 4 heteroatoms. The Labute approximate surface area is 173 Å². The first-order valence-corrected chi connectivity index (χ1v) is 10.1. The molecule has 0 bridgehead atoms. The lowest BCUT2D eigenvalue weighted by atomic mass is 10.2. The summed E-state index contributed by atoms with van der Waals surface area (Å²) >= 11 is 3.45. The van der Waals surface area contributed by atoms with E-state index < -0.39 is 0 Å². The lowest BCUT2D eigenvalue weighted by Gasteiger charge is -2.06. The highest BCUT2D eigenvalue weighted by molar-refractivity contribution is 9.10. The van der Waals surface area contributed by atoms with Gasteiger partial charge in [0.2, 0.25) is 0 Å². The number of para-hydroxylation sites is 2. The molecule has 4 aromatic rings. The number of nitrogens with zero attached hydrogens (tertiary/aromatic N) is 2. The predicted molar refractivity (Wildman–Crippen MR) is 118 cm³/mol. The molecule has 0 saturated heterocycles. The molecule has 28 heavy (non-hydrogen) atoms. The third kappa shape index (κ3) is 4.70. The zero-order valence-corrected chi connectivity index (χ0v) is 17.0. The van der Waals surface area contributed by atoms with E-state index in [4.69, 9.17) is 4.74 Å². The van der Waals surface area contributed by atoms with Gasteiger partial charge in [0.15, 0.2) is 0 Å². The number of fused-ring (bicyclic) bond motifs is 1. The monoisotopic (exact) mass is 432 g/mol. The smallest absolute Gasteiger partial charge is 0.119 e. The van der Waals surface area contributed by atoms with Crippen LogP contribution in [-0.2, 0) is 13.2 Å². The van der Waals surface area contributed by atoms with Crippen LogP contribution in [0, 0.1) is 0 Å². The number of rotatable bonds is 7. The molecule has 0 spiro atoms. The highest BCUT2D eigenvalue weighted by atomic mass is 79.9. The lowest BCUT2D eigenvalue weighted by Crippen LogP contribution is -1.95. The van der Waals surface area contributed by atoms with Crippen molar-refractivity contribution in [2.24, 2.45) is 0 Å². The maximum Gasteiger partial charge on any atom is 0.119 e. The van der Waals surface area contributed by atoms with Gasteiger partial charge in [0.1, 0.15) is 12.4 Å². The lowest BCUT2D eigenvalue weighted by molar-refractivity contribution is 0.306. The van der Waals surface area contributed by atoms with Gasteiger partial charge in [-0.1, -0.05) is 64.5 Å². The Morgan fingerprint density at radius 2 is 1.71 bits per heavy atom. The van der Waals surface area contributed by atoms with Crippen LogP contribution < -0.4 is 4.74 Å². The van der Waals surface area contributed by atoms with Gasteiger partial charge in [-0.05, 0) is 53.9 Å². The molecule has 0 aliphatic carbocycles. The summed E-state index contributed by atoms with van der Waals surface area (Å²) in [6, 6.07) is 24.6. The second kappa shape index (κ2) is 8.89. The topological polar surface area (TPSA) is 27.1 Å². The number of ether oxygens (including phenoxy) is 1. The Kier molecular flexibility index (Phi) is 5.88. The molecule has 0 N–H and O–H groups in total. The predicted octanol–water partition coefficient (Wildman–Crippen LogP) is 6.48. The highest BCUT2D eigenvalue weighted by Gasteiger charge is 2.00. The molecule has 3 aromatic carbocycles. The summed E-state index contributed by atoms with van der Waals surface area (Å²) in [5.41, 5.74) is 4.55. The van der Waals surface area contributed by atoms with Crippen molar-refractivity contribution < 1.29 is 4.74 Å². The molecule has 4 rings (SSSR count). The molecule has 0 unspecified atom stereocenters. The Morgan fingerprint density at radius 1 is 0.929 bits per heavy atom. The van der Waals surface area contributed by atoms with E-state index in [1.807, 2.05) is 42.7 Å². The first kappa shape index (κ1) is 18.5. The Hall–Kier alpha value is -2.85. The van der Waals surface area contributed by atoms with Gasteiger partial charge in [-0.15, -0.1) is 0 Å². The number of halogens is 1. The van der Waals surface area contributed by atoms with E-state index in [0.29, 0.717) is 6.61 Å². The fourth-order valence-corrected chi connectivity index (χ4v) is 3.31.